The van der Waals surface area contributed by atoms with E-state index >= 15 is 0 Å². The number of sulfonamides is 1. The lowest BCUT2D eigenvalue weighted by molar-refractivity contribution is -0.139. The van der Waals surface area contributed by atoms with Crippen LogP contribution in [0.25, 0.3) is 0 Å². The van der Waals surface area contributed by atoms with Crippen LogP contribution < -0.4 is 9.62 Å². The molecule has 1 N–H and O–H groups in total. The number of benzene rings is 3. The van der Waals surface area contributed by atoms with Gasteiger partial charge in [0.15, 0.2) is 0 Å². The fourth-order valence-electron chi connectivity index (χ4n) is 4.05. The van der Waals surface area contributed by atoms with Gasteiger partial charge < -0.3 is 10.2 Å². The lowest BCUT2D eigenvalue weighted by Gasteiger charge is -2.32. The van der Waals surface area contributed by atoms with Crippen molar-refractivity contribution in [1.82, 2.24) is 10.2 Å². The van der Waals surface area contributed by atoms with Crippen molar-refractivity contribution in [2.75, 3.05) is 17.4 Å². The van der Waals surface area contributed by atoms with E-state index in [1.54, 1.807) is 55.5 Å². The summed E-state index contributed by atoms with van der Waals surface area (Å²) in [5.41, 5.74) is 2.62. The largest absolute Gasteiger partial charge is 0.354 e. The van der Waals surface area contributed by atoms with Crippen LogP contribution in [0.2, 0.25) is 10.0 Å². The zero-order valence-electron chi connectivity index (χ0n) is 23.2. The molecule has 0 aliphatic carbocycles. The Morgan fingerprint density at radius 1 is 0.975 bits per heavy atom. The second kappa shape index (κ2) is 14.0. The normalized spacial score (nSPS) is 12.1. The average Bonchev–Trinajstić information content (AvgIpc) is 2.91. The van der Waals surface area contributed by atoms with Crippen LogP contribution in [-0.4, -0.2) is 44.3 Å². The summed E-state index contributed by atoms with van der Waals surface area (Å²) in [4.78, 5) is 28.4. The molecule has 0 aliphatic heterocycles. The SMILES string of the molecule is CCCCNC(=O)[C@@H](C)N(Cc1cccc(Cl)c1)C(=O)CN(c1ccc(C)c(Cl)c1)S(=O)(=O)c1ccc(C)cc1. The van der Waals surface area contributed by atoms with E-state index in [1.165, 1.54) is 23.1 Å². The minimum atomic E-state index is -4.17. The third-order valence-electron chi connectivity index (χ3n) is 6.57. The molecule has 7 nitrogen and oxygen atoms in total. The Balaban J connectivity index is 2.03. The third kappa shape index (κ3) is 7.99. The van der Waals surface area contributed by atoms with Gasteiger partial charge in [-0.15, -0.1) is 0 Å². The fraction of sp³-hybridized carbons (Fsp3) is 0.333. The first-order valence-corrected chi connectivity index (χ1v) is 15.3. The zero-order valence-corrected chi connectivity index (χ0v) is 25.5. The molecule has 0 aliphatic rings. The first-order valence-electron chi connectivity index (χ1n) is 13.1. The van der Waals surface area contributed by atoms with Crippen molar-refractivity contribution in [2.24, 2.45) is 0 Å². The highest BCUT2D eigenvalue weighted by atomic mass is 35.5. The van der Waals surface area contributed by atoms with Crippen LogP contribution >= 0.6 is 23.2 Å². The number of unbranched alkanes of at least 4 members (excludes halogenated alkanes) is 1. The molecule has 0 aromatic heterocycles. The summed E-state index contributed by atoms with van der Waals surface area (Å²) >= 11 is 12.5. The fourth-order valence-corrected chi connectivity index (χ4v) is 5.85. The summed E-state index contributed by atoms with van der Waals surface area (Å²) in [6.45, 7) is 7.32. The number of aryl methyl sites for hydroxylation is 2. The van der Waals surface area contributed by atoms with Crippen LogP contribution in [0.5, 0.6) is 0 Å². The summed E-state index contributed by atoms with van der Waals surface area (Å²) in [5, 5.41) is 3.73. The molecular weight excluding hydrogens is 569 g/mol. The molecule has 0 saturated carbocycles. The standard InChI is InChI=1S/C30H35Cl2N3O4S/c1-5-6-16-33-30(37)23(4)34(19-24-8-7-9-25(31)17-24)29(36)20-35(26-13-12-22(3)28(32)18-26)40(38,39)27-14-10-21(2)11-15-27/h7-15,17-18,23H,5-6,16,19-20H2,1-4H3,(H,33,37)/t23-/m1/s1. The molecule has 40 heavy (non-hydrogen) atoms. The second-order valence-corrected chi connectivity index (χ2v) is 12.4. The number of nitrogens with zero attached hydrogens (tertiary/aromatic N) is 2. The highest BCUT2D eigenvalue weighted by molar-refractivity contribution is 7.92. The molecule has 10 heteroatoms. The number of carbonyl (C=O) groups is 2. The quantitative estimate of drug-likeness (QED) is 0.252. The number of halogens is 2. The van der Waals surface area contributed by atoms with Gasteiger partial charge in [-0.2, -0.15) is 0 Å². The van der Waals surface area contributed by atoms with E-state index < -0.39 is 28.5 Å². The number of hydrogen-bond acceptors (Lipinski definition) is 4. The molecule has 0 radical (unpaired) electrons. The molecular formula is C30H35Cl2N3O4S. The maximum atomic E-state index is 13.9. The minimum absolute atomic E-state index is 0.0364. The Morgan fingerprint density at radius 3 is 2.30 bits per heavy atom. The van der Waals surface area contributed by atoms with Gasteiger partial charge in [0.2, 0.25) is 11.8 Å². The number of amides is 2. The summed E-state index contributed by atoms with van der Waals surface area (Å²) in [7, 11) is -4.17. The molecule has 0 bridgehead atoms. The van der Waals surface area contributed by atoms with Crippen molar-refractivity contribution >= 4 is 50.7 Å². The van der Waals surface area contributed by atoms with Gasteiger partial charge in [-0.05, 0) is 74.7 Å². The molecule has 0 unspecified atom stereocenters. The highest BCUT2D eigenvalue weighted by Crippen LogP contribution is 2.29. The van der Waals surface area contributed by atoms with E-state index in [1.807, 2.05) is 20.8 Å². The number of anilines is 1. The molecule has 0 saturated heterocycles. The van der Waals surface area contributed by atoms with Crippen molar-refractivity contribution in [3.63, 3.8) is 0 Å². The lowest BCUT2D eigenvalue weighted by Crippen LogP contribution is -2.51. The van der Waals surface area contributed by atoms with Gasteiger partial charge in [0.1, 0.15) is 12.6 Å². The predicted molar refractivity (Wildman–Crippen MR) is 161 cm³/mol. The molecule has 0 heterocycles. The predicted octanol–water partition coefficient (Wildman–Crippen LogP) is 6.14. The summed E-state index contributed by atoms with van der Waals surface area (Å²) in [5.74, 6) is -0.874. The van der Waals surface area contributed by atoms with E-state index in [4.69, 9.17) is 23.2 Å². The van der Waals surface area contributed by atoms with E-state index in [9.17, 15) is 18.0 Å². The molecule has 1 atom stereocenters. The number of nitrogens with one attached hydrogen (secondary N) is 1. The maximum Gasteiger partial charge on any atom is 0.264 e. The van der Waals surface area contributed by atoms with Gasteiger partial charge in [0, 0.05) is 23.1 Å². The van der Waals surface area contributed by atoms with Crippen molar-refractivity contribution in [1.29, 1.82) is 0 Å². The van der Waals surface area contributed by atoms with Crippen molar-refractivity contribution < 1.29 is 18.0 Å². The first-order chi connectivity index (χ1) is 18.9. The number of carbonyl (C=O) groups excluding carboxylic acids is 2. The van der Waals surface area contributed by atoms with Gasteiger partial charge in [0.25, 0.3) is 10.0 Å². The van der Waals surface area contributed by atoms with E-state index in [-0.39, 0.29) is 23.0 Å². The minimum Gasteiger partial charge on any atom is -0.354 e. The molecule has 0 fully saturated rings. The monoisotopic (exact) mass is 603 g/mol. The van der Waals surface area contributed by atoms with Crippen molar-refractivity contribution in [3.05, 3.63) is 93.5 Å². The lowest BCUT2D eigenvalue weighted by atomic mass is 10.1. The summed E-state index contributed by atoms with van der Waals surface area (Å²) < 4.78 is 28.8. The van der Waals surface area contributed by atoms with Crippen molar-refractivity contribution in [3.8, 4) is 0 Å². The van der Waals surface area contributed by atoms with Gasteiger partial charge in [-0.1, -0.05) is 72.4 Å². The average molecular weight is 605 g/mol. The van der Waals surface area contributed by atoms with E-state index in [0.29, 0.717) is 22.2 Å². The molecule has 3 aromatic carbocycles. The van der Waals surface area contributed by atoms with Crippen LogP contribution in [-0.2, 0) is 26.2 Å². The Bertz CT molecular complexity index is 1450. The van der Waals surface area contributed by atoms with Gasteiger partial charge in [-0.25, -0.2) is 8.42 Å². The summed E-state index contributed by atoms with van der Waals surface area (Å²) in [6, 6.07) is 17.4. The molecule has 3 aromatic rings. The van der Waals surface area contributed by atoms with Crippen LogP contribution in [0.3, 0.4) is 0 Å². The molecule has 2 amide bonds. The molecule has 3 rings (SSSR count). The summed E-state index contributed by atoms with van der Waals surface area (Å²) in [6.07, 6.45) is 1.71. The van der Waals surface area contributed by atoms with Crippen LogP contribution in [0.4, 0.5) is 5.69 Å². The van der Waals surface area contributed by atoms with Gasteiger partial charge >= 0.3 is 0 Å². The number of rotatable bonds is 12. The second-order valence-electron chi connectivity index (χ2n) is 9.73. The third-order valence-corrected chi connectivity index (χ3v) is 9.00. The Kier molecular flexibility index (Phi) is 11.0. The van der Waals surface area contributed by atoms with Crippen LogP contribution in [0.1, 0.15) is 43.4 Å². The van der Waals surface area contributed by atoms with Crippen LogP contribution in [0, 0.1) is 13.8 Å². The van der Waals surface area contributed by atoms with Gasteiger partial charge in [-0.3, -0.25) is 13.9 Å². The zero-order chi connectivity index (χ0) is 29.4. The van der Waals surface area contributed by atoms with E-state index in [2.05, 4.69) is 5.32 Å². The van der Waals surface area contributed by atoms with E-state index in [0.717, 1.165) is 28.3 Å². The van der Waals surface area contributed by atoms with Crippen LogP contribution in [0.15, 0.2) is 71.6 Å². The Morgan fingerprint density at radius 2 is 1.68 bits per heavy atom. The smallest absolute Gasteiger partial charge is 0.264 e. The highest BCUT2D eigenvalue weighted by Gasteiger charge is 2.32. The topological polar surface area (TPSA) is 86.8 Å². The Hall–Kier alpha value is -3.07. The van der Waals surface area contributed by atoms with Crippen molar-refractivity contribution in [2.45, 2.75) is 58.0 Å². The Labute approximate surface area is 247 Å². The maximum absolute atomic E-state index is 13.9. The number of hydrogen-bond donors (Lipinski definition) is 1. The molecule has 214 valence electrons. The molecule has 0 spiro atoms. The van der Waals surface area contributed by atoms with Gasteiger partial charge in [0.05, 0.1) is 10.6 Å². The first kappa shape index (κ1) is 31.5.